The number of non-ortho nitro benzene ring substituents is 1. The first-order valence-corrected chi connectivity index (χ1v) is 9.56. The van der Waals surface area contributed by atoms with Crippen molar-refractivity contribution in [2.24, 2.45) is 7.05 Å². The average molecular weight is 435 g/mol. The van der Waals surface area contributed by atoms with Crippen LogP contribution in [0, 0.1) is 10.1 Å². The normalized spacial score (nSPS) is 11.9. The van der Waals surface area contributed by atoms with Crippen LogP contribution in [0.25, 0.3) is 22.2 Å². The summed E-state index contributed by atoms with van der Waals surface area (Å²) in [7, 11) is 1.52. The molecule has 0 bridgehead atoms. The molecule has 0 aliphatic heterocycles. The molecule has 0 saturated carbocycles. The highest BCUT2D eigenvalue weighted by molar-refractivity contribution is 5.86. The quantitative estimate of drug-likeness (QED) is 0.254. The van der Waals surface area contributed by atoms with Crippen LogP contribution in [-0.2, 0) is 23.0 Å². The second-order valence-corrected chi connectivity index (χ2v) is 6.98. The Balaban J connectivity index is 1.48. The molecular formula is C21H17N5O6. The fourth-order valence-electron chi connectivity index (χ4n) is 3.17. The smallest absolute Gasteiger partial charge is 0.312 e. The van der Waals surface area contributed by atoms with Gasteiger partial charge >= 0.3 is 5.97 Å². The van der Waals surface area contributed by atoms with Gasteiger partial charge in [0.05, 0.1) is 22.4 Å². The molecule has 4 rings (SSSR count). The van der Waals surface area contributed by atoms with E-state index in [1.54, 1.807) is 31.2 Å². The zero-order valence-electron chi connectivity index (χ0n) is 17.1. The molecule has 11 heteroatoms. The third kappa shape index (κ3) is 4.08. The van der Waals surface area contributed by atoms with Gasteiger partial charge in [0.15, 0.2) is 6.10 Å². The van der Waals surface area contributed by atoms with Crippen LogP contribution in [0.4, 0.5) is 5.69 Å². The van der Waals surface area contributed by atoms with E-state index >= 15 is 0 Å². The van der Waals surface area contributed by atoms with Crippen molar-refractivity contribution in [2.75, 3.05) is 0 Å². The summed E-state index contributed by atoms with van der Waals surface area (Å²) in [5.41, 5.74) is 0.594. The first-order valence-electron chi connectivity index (χ1n) is 9.56. The lowest BCUT2D eigenvalue weighted by atomic mass is 10.1. The molecule has 1 atom stereocenters. The molecule has 2 heterocycles. The lowest BCUT2D eigenvalue weighted by Gasteiger charge is -2.11. The summed E-state index contributed by atoms with van der Waals surface area (Å²) in [4.78, 5) is 35.0. The predicted octanol–water partition coefficient (Wildman–Crippen LogP) is 2.74. The van der Waals surface area contributed by atoms with Gasteiger partial charge in [0.2, 0.25) is 5.89 Å². The molecule has 1 unspecified atom stereocenters. The van der Waals surface area contributed by atoms with Gasteiger partial charge in [-0.25, -0.2) is 4.68 Å². The molecule has 2 aromatic carbocycles. The number of carbonyl (C=O) groups excluding carboxylic acids is 1. The van der Waals surface area contributed by atoms with E-state index in [1.807, 2.05) is 0 Å². The van der Waals surface area contributed by atoms with E-state index in [2.05, 4.69) is 15.3 Å². The number of nitro benzene ring substituents is 1. The Bertz CT molecular complexity index is 1380. The van der Waals surface area contributed by atoms with Crippen LogP contribution in [0.5, 0.6) is 0 Å². The van der Waals surface area contributed by atoms with Crippen LogP contribution >= 0.6 is 0 Å². The van der Waals surface area contributed by atoms with Crippen molar-refractivity contribution >= 4 is 22.4 Å². The molecule has 11 nitrogen and oxygen atoms in total. The Hall–Kier alpha value is -4.41. The molecule has 32 heavy (non-hydrogen) atoms. The number of aryl methyl sites for hydroxylation is 1. The summed E-state index contributed by atoms with van der Waals surface area (Å²) in [5.74, 6) is -0.364. The molecule has 2 aromatic heterocycles. The van der Waals surface area contributed by atoms with Gasteiger partial charge in [-0.1, -0.05) is 18.2 Å². The SMILES string of the molecule is CC(OC(=O)Cc1nn(C)c(=O)c2ccccc12)c1nnc(-c2ccc([N+](=O)[O-])cc2)o1. The van der Waals surface area contributed by atoms with Gasteiger partial charge in [0.1, 0.15) is 0 Å². The third-order valence-corrected chi connectivity index (χ3v) is 4.77. The topological polar surface area (TPSA) is 143 Å². The van der Waals surface area contributed by atoms with Crippen LogP contribution in [0.15, 0.2) is 57.7 Å². The standard InChI is InChI=1S/C21H17N5O6/c1-12(19-22-23-20(32-19)13-7-9-14(10-8-13)26(29)30)31-18(27)11-17-15-5-3-4-6-16(15)21(28)25(2)24-17/h3-10,12H,11H2,1-2H3. The summed E-state index contributed by atoms with van der Waals surface area (Å²) in [6.45, 7) is 1.58. The number of ether oxygens (including phenoxy) is 1. The molecule has 0 amide bonds. The van der Waals surface area contributed by atoms with Crippen molar-refractivity contribution in [1.82, 2.24) is 20.0 Å². The van der Waals surface area contributed by atoms with Crippen molar-refractivity contribution in [3.63, 3.8) is 0 Å². The van der Waals surface area contributed by atoms with Crippen molar-refractivity contribution in [2.45, 2.75) is 19.4 Å². The number of rotatable bonds is 6. The molecular weight excluding hydrogens is 418 g/mol. The van der Waals surface area contributed by atoms with Crippen LogP contribution in [0.2, 0.25) is 0 Å². The monoisotopic (exact) mass is 435 g/mol. The van der Waals surface area contributed by atoms with Crippen molar-refractivity contribution in [3.8, 4) is 11.5 Å². The lowest BCUT2D eigenvalue weighted by Crippen LogP contribution is -2.23. The highest BCUT2D eigenvalue weighted by atomic mass is 16.6. The van der Waals surface area contributed by atoms with E-state index in [0.717, 1.165) is 0 Å². The zero-order chi connectivity index (χ0) is 22.8. The second kappa shape index (κ2) is 8.38. The molecule has 4 aromatic rings. The second-order valence-electron chi connectivity index (χ2n) is 6.98. The van der Waals surface area contributed by atoms with Crippen LogP contribution in [0.3, 0.4) is 0 Å². The van der Waals surface area contributed by atoms with E-state index in [0.29, 0.717) is 22.0 Å². The van der Waals surface area contributed by atoms with Gasteiger partial charge in [0, 0.05) is 30.1 Å². The summed E-state index contributed by atoms with van der Waals surface area (Å²) in [5, 5.41) is 23.8. The van der Waals surface area contributed by atoms with Gasteiger partial charge in [0.25, 0.3) is 17.1 Å². The first kappa shape index (κ1) is 20.8. The van der Waals surface area contributed by atoms with E-state index in [-0.39, 0.29) is 29.4 Å². The minimum atomic E-state index is -0.833. The van der Waals surface area contributed by atoms with Gasteiger partial charge < -0.3 is 9.15 Å². The van der Waals surface area contributed by atoms with E-state index in [9.17, 15) is 19.7 Å². The minimum Gasteiger partial charge on any atom is -0.452 e. The fourth-order valence-corrected chi connectivity index (χ4v) is 3.17. The fraction of sp³-hybridized carbons (Fsp3) is 0.190. The molecule has 0 radical (unpaired) electrons. The third-order valence-electron chi connectivity index (χ3n) is 4.77. The van der Waals surface area contributed by atoms with E-state index in [4.69, 9.17) is 9.15 Å². The van der Waals surface area contributed by atoms with Gasteiger partial charge in [-0.2, -0.15) is 5.10 Å². The number of aromatic nitrogens is 4. The molecule has 162 valence electrons. The number of esters is 1. The Morgan fingerprint density at radius 2 is 1.84 bits per heavy atom. The zero-order valence-corrected chi connectivity index (χ0v) is 17.1. The minimum absolute atomic E-state index is 0.0599. The maximum absolute atomic E-state index is 12.5. The number of benzene rings is 2. The van der Waals surface area contributed by atoms with Crippen molar-refractivity contribution in [1.29, 1.82) is 0 Å². The Kier molecular flexibility index (Phi) is 5.46. The average Bonchev–Trinajstić information content (AvgIpc) is 3.28. The van der Waals surface area contributed by atoms with Crippen LogP contribution < -0.4 is 5.56 Å². The number of fused-ring (bicyclic) bond motifs is 1. The number of hydrogen-bond acceptors (Lipinski definition) is 9. The number of nitrogens with zero attached hydrogens (tertiary/aromatic N) is 5. The summed E-state index contributed by atoms with van der Waals surface area (Å²) < 4.78 is 12.1. The first-order chi connectivity index (χ1) is 15.3. The number of nitro groups is 1. The summed E-state index contributed by atoms with van der Waals surface area (Å²) in [6.07, 6.45) is -0.983. The summed E-state index contributed by atoms with van der Waals surface area (Å²) >= 11 is 0. The van der Waals surface area contributed by atoms with Gasteiger partial charge in [-0.05, 0) is 25.1 Å². The van der Waals surface area contributed by atoms with Crippen LogP contribution in [-0.4, -0.2) is 30.9 Å². The lowest BCUT2D eigenvalue weighted by molar-refractivity contribution is -0.384. The summed E-state index contributed by atoms with van der Waals surface area (Å²) in [6, 6.07) is 12.5. The number of carbonyl (C=O) groups is 1. The molecule has 0 aliphatic carbocycles. The Morgan fingerprint density at radius 1 is 1.16 bits per heavy atom. The van der Waals surface area contributed by atoms with Crippen molar-refractivity contribution < 1.29 is 18.9 Å². The highest BCUT2D eigenvalue weighted by Crippen LogP contribution is 2.24. The van der Waals surface area contributed by atoms with E-state index < -0.39 is 17.0 Å². The maximum Gasteiger partial charge on any atom is 0.312 e. The largest absolute Gasteiger partial charge is 0.452 e. The maximum atomic E-state index is 12.5. The molecule has 0 aliphatic rings. The van der Waals surface area contributed by atoms with Crippen molar-refractivity contribution in [3.05, 3.63) is 80.6 Å². The molecule has 0 fully saturated rings. The number of hydrogen-bond donors (Lipinski definition) is 0. The van der Waals surface area contributed by atoms with Crippen LogP contribution in [0.1, 0.15) is 24.6 Å². The Morgan fingerprint density at radius 3 is 2.53 bits per heavy atom. The highest BCUT2D eigenvalue weighted by Gasteiger charge is 2.21. The molecule has 0 saturated heterocycles. The van der Waals surface area contributed by atoms with E-state index in [1.165, 1.54) is 36.0 Å². The predicted molar refractivity (Wildman–Crippen MR) is 112 cm³/mol. The molecule has 0 N–H and O–H groups in total. The Labute approximate surface area is 180 Å². The molecule has 0 spiro atoms. The van der Waals surface area contributed by atoms with Gasteiger partial charge in [-0.3, -0.25) is 19.7 Å². The van der Waals surface area contributed by atoms with Gasteiger partial charge in [-0.15, -0.1) is 10.2 Å².